The topological polar surface area (TPSA) is 107 Å². The summed E-state index contributed by atoms with van der Waals surface area (Å²) in [5.41, 5.74) is -2.28. The van der Waals surface area contributed by atoms with E-state index in [-0.39, 0.29) is 22.8 Å². The number of ether oxygens (including phenoxy) is 6. The first-order valence-electron chi connectivity index (χ1n) is 9.92. The number of rotatable bonds is 4. The molecule has 0 aliphatic heterocycles. The number of hydrogen-bond acceptors (Lipinski definition) is 9. The summed E-state index contributed by atoms with van der Waals surface area (Å²) in [7, 11) is 0. The molecule has 0 fully saturated rings. The first kappa shape index (κ1) is 26.8. The van der Waals surface area contributed by atoms with Crippen LogP contribution in [0.15, 0.2) is 18.7 Å². The molecule has 0 unspecified atom stereocenters. The molecular formula is C23H32O9. The molecule has 0 aromatic heterocycles. The minimum atomic E-state index is -1.11. The Bertz CT molecular complexity index is 865. The van der Waals surface area contributed by atoms with E-state index in [9.17, 15) is 14.4 Å². The third-order valence-corrected chi connectivity index (χ3v) is 3.06. The fourth-order valence-corrected chi connectivity index (χ4v) is 2.07. The highest BCUT2D eigenvalue weighted by molar-refractivity contribution is 5.78. The van der Waals surface area contributed by atoms with Crippen molar-refractivity contribution in [1.82, 2.24) is 0 Å². The van der Waals surface area contributed by atoms with Gasteiger partial charge in [0.15, 0.2) is 11.5 Å². The fourth-order valence-electron chi connectivity index (χ4n) is 2.07. The molecule has 0 saturated heterocycles. The van der Waals surface area contributed by atoms with Gasteiger partial charge < -0.3 is 28.4 Å². The molecule has 0 N–H and O–H groups in total. The molecule has 1 aromatic rings. The van der Waals surface area contributed by atoms with Crippen molar-refractivity contribution in [3.63, 3.8) is 0 Å². The first-order chi connectivity index (χ1) is 14.4. The lowest BCUT2D eigenvalue weighted by Gasteiger charge is -2.23. The highest BCUT2D eigenvalue weighted by Gasteiger charge is 2.29. The summed E-state index contributed by atoms with van der Waals surface area (Å²) < 4.78 is 31.3. The summed E-state index contributed by atoms with van der Waals surface area (Å²) in [4.78, 5) is 36.9. The van der Waals surface area contributed by atoms with Crippen LogP contribution in [-0.4, -0.2) is 35.3 Å². The van der Waals surface area contributed by atoms with Gasteiger partial charge in [0.2, 0.25) is 5.75 Å². The highest BCUT2D eigenvalue weighted by Crippen LogP contribution is 2.42. The van der Waals surface area contributed by atoms with Gasteiger partial charge in [-0.05, 0) is 74.4 Å². The van der Waals surface area contributed by atoms with Crippen LogP contribution >= 0.6 is 0 Å². The number of carbonyl (C=O) groups is 3. The molecule has 0 aliphatic carbocycles. The molecule has 9 heteroatoms. The predicted octanol–water partition coefficient (Wildman–Crippen LogP) is 6.27. The summed E-state index contributed by atoms with van der Waals surface area (Å²) in [6.45, 7) is 18.5. The van der Waals surface area contributed by atoms with Gasteiger partial charge in [0.1, 0.15) is 16.8 Å². The Kier molecular flexibility index (Phi) is 8.32. The maximum atomic E-state index is 12.3. The number of hydrogen-bond donors (Lipinski definition) is 0. The van der Waals surface area contributed by atoms with E-state index in [4.69, 9.17) is 28.4 Å². The van der Waals surface area contributed by atoms with Gasteiger partial charge in [-0.25, -0.2) is 14.4 Å². The van der Waals surface area contributed by atoms with Crippen LogP contribution in [0, 0.1) is 0 Å². The van der Waals surface area contributed by atoms with Crippen molar-refractivity contribution in [1.29, 1.82) is 0 Å². The molecule has 0 radical (unpaired) electrons. The van der Waals surface area contributed by atoms with Crippen LogP contribution in [0.3, 0.4) is 0 Å². The molecule has 0 saturated carbocycles. The van der Waals surface area contributed by atoms with E-state index >= 15 is 0 Å². The Morgan fingerprint density at radius 1 is 0.656 bits per heavy atom. The molecule has 32 heavy (non-hydrogen) atoms. The Balaban J connectivity index is 3.44. The van der Waals surface area contributed by atoms with Crippen LogP contribution in [0.25, 0.3) is 6.08 Å². The zero-order valence-corrected chi connectivity index (χ0v) is 20.1. The fraction of sp³-hybridized carbons (Fsp3) is 0.522. The van der Waals surface area contributed by atoms with Crippen LogP contribution in [0.2, 0.25) is 0 Å². The molecule has 0 bridgehead atoms. The van der Waals surface area contributed by atoms with E-state index in [1.54, 1.807) is 62.3 Å². The van der Waals surface area contributed by atoms with Crippen molar-refractivity contribution in [3.8, 4) is 17.2 Å². The monoisotopic (exact) mass is 452 g/mol. The van der Waals surface area contributed by atoms with Gasteiger partial charge in [-0.1, -0.05) is 12.7 Å². The minimum Gasteiger partial charge on any atom is -0.428 e. The average Bonchev–Trinajstić information content (AvgIpc) is 2.52. The normalized spacial score (nSPS) is 11.8. The van der Waals surface area contributed by atoms with E-state index in [0.29, 0.717) is 0 Å². The standard InChI is InChI=1S/C23H32O9/c1-11-14-12-13-15(27-18(24)30-21(2,3)4)17(29-20(26)32-23(8,9)10)16(14)28-19(25)31-22(5,6)7/h11-13H,1H2,2-10H3. The number of carbonyl (C=O) groups excluding carboxylic acids is 3. The van der Waals surface area contributed by atoms with Gasteiger partial charge in [-0.3, -0.25) is 0 Å². The molecule has 0 heterocycles. The highest BCUT2D eigenvalue weighted by atomic mass is 16.8. The largest absolute Gasteiger partial charge is 0.514 e. The van der Waals surface area contributed by atoms with E-state index in [0.717, 1.165) is 0 Å². The summed E-state index contributed by atoms with van der Waals surface area (Å²) >= 11 is 0. The second kappa shape index (κ2) is 9.93. The summed E-state index contributed by atoms with van der Waals surface area (Å²) in [6.07, 6.45) is -1.87. The van der Waals surface area contributed by atoms with Crippen molar-refractivity contribution in [3.05, 3.63) is 24.3 Å². The van der Waals surface area contributed by atoms with Crippen molar-refractivity contribution in [2.24, 2.45) is 0 Å². The molecule has 0 atom stereocenters. The van der Waals surface area contributed by atoms with Crippen LogP contribution in [-0.2, 0) is 14.2 Å². The van der Waals surface area contributed by atoms with E-state index in [1.165, 1.54) is 18.2 Å². The summed E-state index contributed by atoms with van der Waals surface area (Å²) in [6, 6.07) is 2.79. The molecule has 0 amide bonds. The van der Waals surface area contributed by atoms with Crippen LogP contribution < -0.4 is 14.2 Å². The average molecular weight is 453 g/mol. The van der Waals surface area contributed by atoms with E-state index in [2.05, 4.69) is 6.58 Å². The maximum Gasteiger partial charge on any atom is 0.514 e. The zero-order valence-electron chi connectivity index (χ0n) is 20.1. The summed E-state index contributed by atoms with van der Waals surface area (Å²) in [5, 5.41) is 0. The second-order valence-electron chi connectivity index (χ2n) is 9.71. The van der Waals surface area contributed by atoms with E-state index in [1.807, 2.05) is 0 Å². The molecule has 9 nitrogen and oxygen atoms in total. The molecular weight excluding hydrogens is 420 g/mol. The number of benzene rings is 1. The third-order valence-electron chi connectivity index (χ3n) is 3.06. The first-order valence-corrected chi connectivity index (χ1v) is 9.92. The molecule has 178 valence electrons. The SMILES string of the molecule is C=Cc1ccc(OC(=O)OC(C)(C)C)c(OC(=O)OC(C)(C)C)c1OC(=O)OC(C)(C)C. The second-order valence-corrected chi connectivity index (χ2v) is 9.71. The minimum absolute atomic E-state index is 0.241. The van der Waals surface area contributed by atoms with Gasteiger partial charge in [0.25, 0.3) is 0 Å². The van der Waals surface area contributed by atoms with Crippen molar-refractivity contribution >= 4 is 24.5 Å². The zero-order chi connectivity index (χ0) is 24.9. The quantitative estimate of drug-likeness (QED) is 0.297. The van der Waals surface area contributed by atoms with Crippen LogP contribution in [0.4, 0.5) is 14.4 Å². The Hall–Kier alpha value is -3.23. The lowest BCUT2D eigenvalue weighted by Crippen LogP contribution is -2.28. The molecule has 1 rings (SSSR count). The summed E-state index contributed by atoms with van der Waals surface area (Å²) in [5.74, 6) is -0.871. The Morgan fingerprint density at radius 3 is 1.41 bits per heavy atom. The van der Waals surface area contributed by atoms with Crippen LogP contribution in [0.5, 0.6) is 17.2 Å². The van der Waals surface area contributed by atoms with Gasteiger partial charge in [-0.15, -0.1) is 0 Å². The smallest absolute Gasteiger partial charge is 0.428 e. The Morgan fingerprint density at radius 2 is 1.03 bits per heavy atom. The lowest BCUT2D eigenvalue weighted by atomic mass is 10.1. The van der Waals surface area contributed by atoms with Crippen molar-refractivity contribution < 1.29 is 42.8 Å². The van der Waals surface area contributed by atoms with Gasteiger partial charge in [-0.2, -0.15) is 0 Å². The predicted molar refractivity (Wildman–Crippen MR) is 117 cm³/mol. The Labute approximate surface area is 188 Å². The van der Waals surface area contributed by atoms with Gasteiger partial charge in [0, 0.05) is 5.56 Å². The van der Waals surface area contributed by atoms with Gasteiger partial charge in [0.05, 0.1) is 0 Å². The van der Waals surface area contributed by atoms with Crippen LogP contribution in [0.1, 0.15) is 67.9 Å². The molecule has 0 aliphatic rings. The molecule has 1 aromatic carbocycles. The maximum absolute atomic E-state index is 12.3. The van der Waals surface area contributed by atoms with Crippen molar-refractivity contribution in [2.75, 3.05) is 0 Å². The molecule has 0 spiro atoms. The lowest BCUT2D eigenvalue weighted by molar-refractivity contribution is 0.0106. The van der Waals surface area contributed by atoms with Gasteiger partial charge >= 0.3 is 18.5 Å². The third kappa shape index (κ3) is 9.72. The van der Waals surface area contributed by atoms with E-state index < -0.39 is 35.3 Å². The van der Waals surface area contributed by atoms with Crippen molar-refractivity contribution in [2.45, 2.75) is 79.1 Å².